The molecule has 0 heterocycles. The maximum atomic E-state index is 6.00. The van der Waals surface area contributed by atoms with Gasteiger partial charge in [0, 0.05) is 32.5 Å². The van der Waals surface area contributed by atoms with Crippen molar-refractivity contribution in [1.82, 2.24) is 4.90 Å². The van der Waals surface area contributed by atoms with Gasteiger partial charge in [-0.2, -0.15) is 0 Å². The third-order valence-electron chi connectivity index (χ3n) is 3.40. The van der Waals surface area contributed by atoms with Gasteiger partial charge in [-0.1, -0.05) is 34.1 Å². The Morgan fingerprint density at radius 2 is 1.81 bits per heavy atom. The normalized spacial score (nSPS) is 12.7. The molecule has 2 rings (SSSR count). The van der Waals surface area contributed by atoms with E-state index in [0.29, 0.717) is 6.54 Å². The fourth-order valence-electron chi connectivity index (χ4n) is 2.32. The van der Waals surface area contributed by atoms with Gasteiger partial charge >= 0.3 is 0 Å². The maximum Gasteiger partial charge on any atom is 0.0471 e. The van der Waals surface area contributed by atoms with Gasteiger partial charge in [-0.15, -0.1) is 0 Å². The summed E-state index contributed by atoms with van der Waals surface area (Å²) in [6.07, 6.45) is 0. The Labute approximate surface area is 151 Å². The molecule has 0 fully saturated rings. The van der Waals surface area contributed by atoms with Crippen molar-refractivity contribution in [1.29, 1.82) is 0 Å². The zero-order valence-electron chi connectivity index (χ0n) is 11.7. The highest BCUT2D eigenvalue weighted by Gasteiger charge is 2.16. The summed E-state index contributed by atoms with van der Waals surface area (Å²) in [5.41, 5.74) is 8.48. The first kappa shape index (κ1) is 17.2. The molecule has 2 aromatic rings. The monoisotopic (exact) mass is 474 g/mol. The predicted octanol–water partition coefficient (Wildman–Crippen LogP) is 5.11. The summed E-state index contributed by atoms with van der Waals surface area (Å²) in [6.45, 7) is 1.44. The van der Waals surface area contributed by atoms with Crippen LogP contribution in [-0.4, -0.2) is 18.5 Å². The highest BCUT2D eigenvalue weighted by molar-refractivity contribution is 9.13. The number of hydrogen-bond acceptors (Lipinski definition) is 2. The van der Waals surface area contributed by atoms with Gasteiger partial charge in [-0.3, -0.25) is 4.90 Å². The first-order valence-electron chi connectivity index (χ1n) is 6.61. The lowest BCUT2D eigenvalue weighted by Crippen LogP contribution is -2.30. The molecule has 21 heavy (non-hydrogen) atoms. The van der Waals surface area contributed by atoms with Crippen molar-refractivity contribution < 1.29 is 0 Å². The second-order valence-corrected chi connectivity index (χ2v) is 7.59. The molecule has 2 nitrogen and oxygen atoms in total. The fourth-order valence-corrected chi connectivity index (χ4v) is 3.41. The molecule has 1 atom stereocenters. The predicted molar refractivity (Wildman–Crippen MR) is 99.2 cm³/mol. The molecule has 2 N–H and O–H groups in total. The van der Waals surface area contributed by atoms with Gasteiger partial charge in [0.15, 0.2) is 0 Å². The van der Waals surface area contributed by atoms with Crippen LogP contribution in [0.15, 0.2) is 55.9 Å². The minimum absolute atomic E-state index is 0.188. The van der Waals surface area contributed by atoms with Crippen molar-refractivity contribution in [3.63, 3.8) is 0 Å². The van der Waals surface area contributed by atoms with Crippen LogP contribution in [0.5, 0.6) is 0 Å². The molecule has 0 aliphatic heterocycles. The summed E-state index contributed by atoms with van der Waals surface area (Å²) >= 11 is 10.6. The molecule has 2 aromatic carbocycles. The summed E-state index contributed by atoms with van der Waals surface area (Å²) < 4.78 is 3.20. The highest BCUT2D eigenvalue weighted by atomic mass is 79.9. The Balaban J connectivity index is 2.18. The Bertz CT molecular complexity index is 616. The van der Waals surface area contributed by atoms with Gasteiger partial charge in [-0.25, -0.2) is 0 Å². The van der Waals surface area contributed by atoms with Crippen LogP contribution < -0.4 is 5.73 Å². The number of nitrogens with zero attached hydrogens (tertiary/aromatic N) is 1. The molecular formula is C16H17Br3N2. The van der Waals surface area contributed by atoms with E-state index >= 15 is 0 Å². The highest BCUT2D eigenvalue weighted by Crippen LogP contribution is 2.29. The summed E-state index contributed by atoms with van der Waals surface area (Å²) in [7, 11) is 2.11. The lowest BCUT2D eigenvalue weighted by Gasteiger charge is -2.27. The molecule has 1 unspecified atom stereocenters. The lowest BCUT2D eigenvalue weighted by molar-refractivity contribution is 0.241. The number of benzene rings is 2. The van der Waals surface area contributed by atoms with Crippen molar-refractivity contribution in [2.45, 2.75) is 12.6 Å². The zero-order valence-corrected chi connectivity index (χ0v) is 16.4. The van der Waals surface area contributed by atoms with Crippen molar-refractivity contribution in [3.8, 4) is 0 Å². The summed E-state index contributed by atoms with van der Waals surface area (Å²) in [4.78, 5) is 2.28. The molecule has 0 amide bonds. The van der Waals surface area contributed by atoms with Crippen LogP contribution in [0.4, 0.5) is 0 Å². The third-order valence-corrected chi connectivity index (χ3v) is 5.78. The Hall–Kier alpha value is -0.200. The van der Waals surface area contributed by atoms with E-state index in [-0.39, 0.29) is 6.04 Å². The third kappa shape index (κ3) is 4.63. The molecule has 0 spiro atoms. The Morgan fingerprint density at radius 1 is 1.05 bits per heavy atom. The number of likely N-dealkylation sites (N-methyl/N-ethyl adjacent to an activating group) is 1. The van der Waals surface area contributed by atoms with E-state index in [1.165, 1.54) is 11.1 Å². The molecule has 0 saturated carbocycles. The fraction of sp³-hybridized carbons (Fsp3) is 0.250. The van der Waals surface area contributed by atoms with Crippen LogP contribution in [-0.2, 0) is 6.54 Å². The van der Waals surface area contributed by atoms with Crippen LogP contribution in [0.3, 0.4) is 0 Å². The van der Waals surface area contributed by atoms with Gasteiger partial charge < -0.3 is 5.73 Å². The molecule has 0 aliphatic carbocycles. The largest absolute Gasteiger partial charge is 0.329 e. The second-order valence-electron chi connectivity index (χ2n) is 4.97. The topological polar surface area (TPSA) is 29.3 Å². The van der Waals surface area contributed by atoms with E-state index in [0.717, 1.165) is 20.0 Å². The first-order chi connectivity index (χ1) is 10.0. The molecule has 112 valence electrons. The van der Waals surface area contributed by atoms with Gasteiger partial charge in [0.05, 0.1) is 0 Å². The van der Waals surface area contributed by atoms with Crippen molar-refractivity contribution in [2.75, 3.05) is 13.6 Å². The van der Waals surface area contributed by atoms with Gasteiger partial charge in [0.2, 0.25) is 0 Å². The SMILES string of the molecule is CN(Cc1cccc(Br)c1)C(CN)c1ccc(Br)c(Br)c1. The lowest BCUT2D eigenvalue weighted by atomic mass is 10.1. The van der Waals surface area contributed by atoms with E-state index in [4.69, 9.17) is 5.73 Å². The minimum Gasteiger partial charge on any atom is -0.329 e. The van der Waals surface area contributed by atoms with Crippen LogP contribution in [0.2, 0.25) is 0 Å². The van der Waals surface area contributed by atoms with Crippen molar-refractivity contribution in [3.05, 3.63) is 67.0 Å². The van der Waals surface area contributed by atoms with Crippen molar-refractivity contribution >= 4 is 47.8 Å². The quantitative estimate of drug-likeness (QED) is 0.650. The molecular weight excluding hydrogens is 460 g/mol. The standard InChI is InChI=1S/C16H17Br3N2/c1-21(10-11-3-2-4-13(17)7-11)16(9-20)12-5-6-14(18)15(19)8-12/h2-8,16H,9-10,20H2,1H3. The van der Waals surface area contributed by atoms with Crippen LogP contribution >= 0.6 is 47.8 Å². The molecule has 0 aliphatic rings. The number of rotatable bonds is 5. The number of hydrogen-bond donors (Lipinski definition) is 1. The maximum absolute atomic E-state index is 6.00. The van der Waals surface area contributed by atoms with Crippen LogP contribution in [0.25, 0.3) is 0 Å². The average molecular weight is 477 g/mol. The number of nitrogens with two attached hydrogens (primary N) is 1. The van der Waals surface area contributed by atoms with E-state index < -0.39 is 0 Å². The molecule has 0 bridgehead atoms. The van der Waals surface area contributed by atoms with Crippen molar-refractivity contribution in [2.24, 2.45) is 5.73 Å². The van der Waals surface area contributed by atoms with E-state index in [9.17, 15) is 0 Å². The zero-order chi connectivity index (χ0) is 15.4. The minimum atomic E-state index is 0.188. The average Bonchev–Trinajstić information content (AvgIpc) is 2.43. The molecule has 0 aromatic heterocycles. The van der Waals surface area contributed by atoms with Crippen LogP contribution in [0.1, 0.15) is 17.2 Å². The molecule has 0 radical (unpaired) electrons. The smallest absolute Gasteiger partial charge is 0.0471 e. The Kier molecular flexibility index (Phi) is 6.44. The molecule has 5 heteroatoms. The first-order valence-corrected chi connectivity index (χ1v) is 8.99. The van der Waals surface area contributed by atoms with Crippen LogP contribution in [0, 0.1) is 0 Å². The van der Waals surface area contributed by atoms with E-state index in [1.807, 2.05) is 6.07 Å². The summed E-state index contributed by atoms with van der Waals surface area (Å²) in [5, 5.41) is 0. The van der Waals surface area contributed by atoms with E-state index in [2.05, 4.69) is 96.1 Å². The van der Waals surface area contributed by atoms with Gasteiger partial charge in [0.25, 0.3) is 0 Å². The molecule has 0 saturated heterocycles. The van der Waals surface area contributed by atoms with Gasteiger partial charge in [0.1, 0.15) is 0 Å². The van der Waals surface area contributed by atoms with Gasteiger partial charge in [-0.05, 0) is 74.3 Å². The van der Waals surface area contributed by atoms with E-state index in [1.54, 1.807) is 0 Å². The Morgan fingerprint density at radius 3 is 2.43 bits per heavy atom. The summed E-state index contributed by atoms with van der Waals surface area (Å²) in [6, 6.07) is 14.8. The number of halogens is 3. The summed E-state index contributed by atoms with van der Waals surface area (Å²) in [5.74, 6) is 0. The second kappa shape index (κ2) is 7.88.